The molecule has 6 nitrogen and oxygen atoms in total. The zero-order valence-electron chi connectivity index (χ0n) is 19.4. The second-order valence-corrected chi connectivity index (χ2v) is 9.77. The zero-order chi connectivity index (χ0) is 22.7. The first-order valence-corrected chi connectivity index (χ1v) is 12.4. The number of rotatable bonds is 8. The van der Waals surface area contributed by atoms with Gasteiger partial charge in [-0.05, 0) is 48.4 Å². The lowest BCUT2D eigenvalue weighted by molar-refractivity contribution is -0.130. The predicted molar refractivity (Wildman–Crippen MR) is 127 cm³/mol. The van der Waals surface area contributed by atoms with Gasteiger partial charge >= 0.3 is 0 Å². The molecule has 33 heavy (non-hydrogen) atoms. The molecule has 1 aliphatic carbocycles. The Morgan fingerprint density at radius 3 is 2.36 bits per heavy atom. The number of β-amino-alcohol motifs (C(OH)–C–C–N with tert-alkyl or cyclic N) is 1. The summed E-state index contributed by atoms with van der Waals surface area (Å²) in [5, 5.41) is 23.1. The molecule has 0 bridgehead atoms. The van der Waals surface area contributed by atoms with Gasteiger partial charge in [0, 0.05) is 39.3 Å². The summed E-state index contributed by atoms with van der Waals surface area (Å²) in [6.45, 7) is 5.60. The first-order valence-electron chi connectivity index (χ1n) is 12.4. The fourth-order valence-corrected chi connectivity index (χ4v) is 5.73. The molecule has 0 aromatic heterocycles. The highest BCUT2D eigenvalue weighted by Gasteiger charge is 2.46. The zero-order valence-corrected chi connectivity index (χ0v) is 19.4. The molecule has 2 heterocycles. The Labute approximate surface area is 196 Å². The summed E-state index contributed by atoms with van der Waals surface area (Å²) in [5.74, 6) is 1.80. The molecule has 0 radical (unpaired) electrons. The lowest BCUT2D eigenvalue weighted by atomic mass is 9.76. The molecule has 1 saturated carbocycles. The predicted octanol–water partition coefficient (Wildman–Crippen LogP) is 3.01. The summed E-state index contributed by atoms with van der Waals surface area (Å²) >= 11 is 0. The number of aliphatic hydroxyl groups is 2. The molecule has 3 aliphatic rings. The van der Waals surface area contributed by atoms with Gasteiger partial charge in [-0.2, -0.15) is 0 Å². The topological polar surface area (TPSA) is 65.4 Å². The van der Waals surface area contributed by atoms with Gasteiger partial charge in [0.25, 0.3) is 0 Å². The van der Waals surface area contributed by atoms with Gasteiger partial charge in [-0.25, -0.2) is 0 Å². The molecule has 2 fully saturated rings. The lowest BCUT2D eigenvalue weighted by Crippen LogP contribution is -2.54. The third-order valence-electron chi connectivity index (χ3n) is 7.77. The van der Waals surface area contributed by atoms with Crippen LogP contribution in [0.3, 0.4) is 0 Å². The van der Waals surface area contributed by atoms with E-state index in [9.17, 15) is 10.2 Å². The quantitative estimate of drug-likeness (QED) is 0.642. The molecule has 2 aliphatic heterocycles. The van der Waals surface area contributed by atoms with Crippen LogP contribution in [0.5, 0.6) is 11.5 Å². The van der Waals surface area contributed by atoms with E-state index >= 15 is 0 Å². The van der Waals surface area contributed by atoms with E-state index in [1.807, 2.05) is 36.4 Å². The van der Waals surface area contributed by atoms with Crippen molar-refractivity contribution >= 4 is 0 Å². The summed E-state index contributed by atoms with van der Waals surface area (Å²) in [6.07, 6.45) is 4.42. The number of piperazine rings is 1. The largest absolute Gasteiger partial charge is 0.454 e. The molecular formula is C27H36N2O4. The first-order chi connectivity index (χ1) is 16.1. The normalized spacial score (nSPS) is 22.4. The number of ether oxygens (including phenoxy) is 2. The van der Waals surface area contributed by atoms with Crippen molar-refractivity contribution in [3.05, 3.63) is 59.7 Å². The van der Waals surface area contributed by atoms with E-state index in [0.29, 0.717) is 13.3 Å². The number of benzene rings is 2. The van der Waals surface area contributed by atoms with Crippen molar-refractivity contribution in [1.29, 1.82) is 0 Å². The third kappa shape index (κ3) is 4.90. The summed E-state index contributed by atoms with van der Waals surface area (Å²) in [5.41, 5.74) is 0.946. The number of fused-ring (bicyclic) bond motifs is 1. The molecule has 0 amide bonds. The van der Waals surface area contributed by atoms with Gasteiger partial charge in [0.05, 0.1) is 6.10 Å². The first kappa shape index (κ1) is 22.7. The highest BCUT2D eigenvalue weighted by molar-refractivity contribution is 5.44. The minimum Gasteiger partial charge on any atom is -0.454 e. The average molecular weight is 453 g/mol. The van der Waals surface area contributed by atoms with E-state index in [1.165, 1.54) is 5.56 Å². The van der Waals surface area contributed by atoms with Gasteiger partial charge < -0.3 is 24.6 Å². The van der Waals surface area contributed by atoms with E-state index in [-0.39, 0.29) is 5.92 Å². The van der Waals surface area contributed by atoms with Crippen LogP contribution in [0.2, 0.25) is 0 Å². The highest BCUT2D eigenvalue weighted by Crippen LogP contribution is 2.43. The number of nitrogens with zero attached hydrogens (tertiary/aromatic N) is 2. The fourth-order valence-electron chi connectivity index (χ4n) is 5.73. The Kier molecular flexibility index (Phi) is 6.88. The minimum atomic E-state index is -1.17. The van der Waals surface area contributed by atoms with Crippen LogP contribution < -0.4 is 9.47 Å². The van der Waals surface area contributed by atoms with Crippen molar-refractivity contribution in [2.45, 2.75) is 43.8 Å². The van der Waals surface area contributed by atoms with Crippen molar-refractivity contribution in [2.24, 2.45) is 5.92 Å². The van der Waals surface area contributed by atoms with Gasteiger partial charge in [-0.1, -0.05) is 49.2 Å². The van der Waals surface area contributed by atoms with Crippen LogP contribution in [-0.2, 0) is 12.0 Å². The van der Waals surface area contributed by atoms with Crippen molar-refractivity contribution in [3.8, 4) is 11.5 Å². The Balaban J connectivity index is 1.14. The second-order valence-electron chi connectivity index (χ2n) is 9.77. The van der Waals surface area contributed by atoms with Crippen LogP contribution in [0.25, 0.3) is 0 Å². The molecule has 6 heteroatoms. The van der Waals surface area contributed by atoms with Crippen LogP contribution in [0.1, 0.15) is 36.8 Å². The van der Waals surface area contributed by atoms with Gasteiger partial charge in [0.15, 0.2) is 11.5 Å². The standard InChI is InChI=1S/C27H36N2O4/c30-26(27(31,23-8-4-5-9-23)22-6-2-1-3-7-22)19-29-16-14-28(15-17-29)13-12-21-10-11-24-25(18-21)33-20-32-24/h1-3,6-7,10-11,18,23,26,30-31H,4-5,8-9,12-17,19-20H2. The van der Waals surface area contributed by atoms with Gasteiger partial charge in [0.1, 0.15) is 5.60 Å². The minimum absolute atomic E-state index is 0.123. The molecule has 2 unspecified atom stereocenters. The maximum atomic E-state index is 11.8. The van der Waals surface area contributed by atoms with Crippen LogP contribution in [0.15, 0.2) is 48.5 Å². The van der Waals surface area contributed by atoms with E-state index in [1.54, 1.807) is 0 Å². The van der Waals surface area contributed by atoms with Crippen molar-refractivity contribution in [3.63, 3.8) is 0 Å². The fraction of sp³-hybridized carbons (Fsp3) is 0.556. The van der Waals surface area contributed by atoms with Crippen LogP contribution in [0.4, 0.5) is 0 Å². The SMILES string of the molecule is OC(CN1CCN(CCc2ccc3c(c2)OCO3)CC1)C(O)(c1ccccc1)C1CCCC1. The van der Waals surface area contributed by atoms with Gasteiger partial charge in [-0.15, -0.1) is 0 Å². The van der Waals surface area contributed by atoms with Crippen LogP contribution in [-0.4, -0.2) is 72.2 Å². The summed E-state index contributed by atoms with van der Waals surface area (Å²) in [7, 11) is 0. The van der Waals surface area contributed by atoms with Crippen molar-refractivity contribution in [1.82, 2.24) is 9.80 Å². The molecule has 2 aromatic rings. The van der Waals surface area contributed by atoms with Crippen molar-refractivity contribution < 1.29 is 19.7 Å². The maximum absolute atomic E-state index is 11.8. The highest BCUT2D eigenvalue weighted by atomic mass is 16.7. The molecule has 178 valence electrons. The molecule has 0 spiro atoms. The van der Waals surface area contributed by atoms with E-state index in [4.69, 9.17) is 9.47 Å². The third-order valence-corrected chi connectivity index (χ3v) is 7.77. The van der Waals surface area contributed by atoms with Gasteiger partial charge in [-0.3, -0.25) is 4.90 Å². The Bertz CT molecular complexity index is 910. The average Bonchev–Trinajstić information content (AvgIpc) is 3.56. The number of hydrogen-bond donors (Lipinski definition) is 2. The summed E-state index contributed by atoms with van der Waals surface area (Å²) in [6, 6.07) is 16.0. The molecule has 5 rings (SSSR count). The molecule has 1 saturated heterocycles. The smallest absolute Gasteiger partial charge is 0.231 e. The Morgan fingerprint density at radius 2 is 1.61 bits per heavy atom. The summed E-state index contributed by atoms with van der Waals surface area (Å²) in [4.78, 5) is 4.79. The lowest BCUT2D eigenvalue weighted by Gasteiger charge is -2.42. The van der Waals surface area contributed by atoms with E-state index in [0.717, 1.165) is 81.9 Å². The molecular weight excluding hydrogens is 416 g/mol. The second kappa shape index (κ2) is 10.0. The maximum Gasteiger partial charge on any atom is 0.231 e. The summed E-state index contributed by atoms with van der Waals surface area (Å²) < 4.78 is 10.9. The monoisotopic (exact) mass is 452 g/mol. The van der Waals surface area contributed by atoms with Crippen LogP contribution in [0, 0.1) is 5.92 Å². The number of hydrogen-bond acceptors (Lipinski definition) is 6. The van der Waals surface area contributed by atoms with Crippen molar-refractivity contribution in [2.75, 3.05) is 46.1 Å². The molecule has 2 aromatic carbocycles. The molecule has 2 N–H and O–H groups in total. The van der Waals surface area contributed by atoms with E-state index in [2.05, 4.69) is 21.9 Å². The van der Waals surface area contributed by atoms with E-state index < -0.39 is 11.7 Å². The number of aliphatic hydroxyl groups excluding tert-OH is 1. The molecule has 2 atom stereocenters. The Hall–Kier alpha value is -2.12. The van der Waals surface area contributed by atoms with Gasteiger partial charge in [0.2, 0.25) is 6.79 Å². The Morgan fingerprint density at radius 1 is 0.909 bits per heavy atom. The van der Waals surface area contributed by atoms with Crippen LogP contribution >= 0.6 is 0 Å².